The number of hydrogen-bond acceptors (Lipinski definition) is 1. The summed E-state index contributed by atoms with van der Waals surface area (Å²) < 4.78 is 0. The van der Waals surface area contributed by atoms with Crippen LogP contribution in [0, 0.1) is 0 Å². The number of carbonyl (C=O) groups excluding carboxylic acids is 1. The number of urea groups is 1. The van der Waals surface area contributed by atoms with Gasteiger partial charge in [-0.1, -0.05) is 12.2 Å². The van der Waals surface area contributed by atoms with Crippen LogP contribution in [0.4, 0.5) is 4.79 Å². The minimum atomic E-state index is 0.122. The van der Waals surface area contributed by atoms with Gasteiger partial charge in [0.05, 0.1) is 0 Å². The number of rotatable bonds is 0. The van der Waals surface area contributed by atoms with E-state index in [-0.39, 0.29) is 6.03 Å². The van der Waals surface area contributed by atoms with E-state index in [1.165, 1.54) is 0 Å². The molecule has 3 heteroatoms. The second-order valence-electron chi connectivity index (χ2n) is 3.72. The van der Waals surface area contributed by atoms with Crippen LogP contribution in [0.1, 0.15) is 25.7 Å². The molecule has 2 aliphatic heterocycles. The summed E-state index contributed by atoms with van der Waals surface area (Å²) in [5, 5.41) is 0. The summed E-state index contributed by atoms with van der Waals surface area (Å²) in [6.07, 6.45) is 12.3. The van der Waals surface area contributed by atoms with E-state index in [0.29, 0.717) is 0 Å². The third kappa shape index (κ3) is 1.97. The normalized spacial score (nSPS) is 21.4. The fraction of sp³-hybridized carbons (Fsp3) is 0.545. The van der Waals surface area contributed by atoms with E-state index in [9.17, 15) is 4.79 Å². The fourth-order valence-electron chi connectivity index (χ4n) is 1.80. The van der Waals surface area contributed by atoms with Crippen molar-refractivity contribution in [2.45, 2.75) is 25.7 Å². The number of carbonyl (C=O) groups is 1. The molecule has 0 bridgehead atoms. The smallest absolute Gasteiger partial charge is 0.301 e. The van der Waals surface area contributed by atoms with Gasteiger partial charge >= 0.3 is 6.03 Å². The van der Waals surface area contributed by atoms with Crippen molar-refractivity contribution in [1.29, 1.82) is 0 Å². The molecule has 0 aromatic carbocycles. The molecule has 0 saturated heterocycles. The summed E-state index contributed by atoms with van der Waals surface area (Å²) in [6, 6.07) is 0.122. The van der Waals surface area contributed by atoms with Crippen molar-refractivity contribution >= 4 is 6.03 Å². The maximum Gasteiger partial charge on any atom is 0.327 e. The van der Waals surface area contributed by atoms with E-state index in [1.807, 2.05) is 12.4 Å². The first kappa shape index (κ1) is 9.31. The van der Waals surface area contributed by atoms with Gasteiger partial charge in [0.15, 0.2) is 0 Å². The molecular weight excluding hydrogens is 176 g/mol. The average molecular weight is 192 g/mol. The Bertz CT molecular complexity index is 244. The maximum atomic E-state index is 11.9. The van der Waals surface area contributed by atoms with Crippen LogP contribution >= 0.6 is 0 Å². The van der Waals surface area contributed by atoms with E-state index >= 15 is 0 Å². The zero-order chi connectivity index (χ0) is 9.80. The van der Waals surface area contributed by atoms with Crippen LogP contribution in [0.3, 0.4) is 0 Å². The van der Waals surface area contributed by atoms with Crippen molar-refractivity contribution in [2.75, 3.05) is 13.1 Å². The zero-order valence-corrected chi connectivity index (χ0v) is 8.35. The first-order valence-electron chi connectivity index (χ1n) is 5.28. The van der Waals surface area contributed by atoms with Crippen molar-refractivity contribution in [3.63, 3.8) is 0 Å². The lowest BCUT2D eigenvalue weighted by molar-refractivity contribution is 0.182. The molecule has 0 atom stereocenters. The first-order valence-corrected chi connectivity index (χ1v) is 5.28. The van der Waals surface area contributed by atoms with Gasteiger partial charge in [-0.05, 0) is 25.7 Å². The standard InChI is InChI=1S/C11H16N2O/c14-11(12-7-3-1-4-8-12)13-9-5-2-6-10-13/h3,5,7,9H,1-2,4,6,8,10H2. The Morgan fingerprint density at radius 3 is 1.79 bits per heavy atom. The Hall–Kier alpha value is -1.25. The van der Waals surface area contributed by atoms with Gasteiger partial charge in [-0.2, -0.15) is 0 Å². The van der Waals surface area contributed by atoms with Crippen molar-refractivity contribution < 1.29 is 4.79 Å². The largest absolute Gasteiger partial charge is 0.327 e. The molecule has 0 fully saturated rings. The van der Waals surface area contributed by atoms with Crippen LogP contribution in [0.5, 0.6) is 0 Å². The van der Waals surface area contributed by atoms with Gasteiger partial charge in [0.1, 0.15) is 0 Å². The molecule has 0 unspecified atom stereocenters. The highest BCUT2D eigenvalue weighted by Crippen LogP contribution is 2.12. The lowest BCUT2D eigenvalue weighted by atomic mass is 10.2. The average Bonchev–Trinajstić information content (AvgIpc) is 2.30. The molecule has 0 saturated carbocycles. The van der Waals surface area contributed by atoms with E-state index < -0.39 is 0 Å². The third-order valence-electron chi connectivity index (χ3n) is 2.60. The summed E-state index contributed by atoms with van der Waals surface area (Å²) in [4.78, 5) is 15.5. The van der Waals surface area contributed by atoms with Gasteiger partial charge in [0.2, 0.25) is 0 Å². The van der Waals surface area contributed by atoms with Gasteiger partial charge in [-0.15, -0.1) is 0 Å². The Morgan fingerprint density at radius 1 is 0.929 bits per heavy atom. The van der Waals surface area contributed by atoms with Crippen molar-refractivity contribution in [3.05, 3.63) is 24.6 Å². The van der Waals surface area contributed by atoms with Crippen LogP contribution in [0.25, 0.3) is 0 Å². The fourth-order valence-corrected chi connectivity index (χ4v) is 1.80. The lowest BCUT2D eigenvalue weighted by Gasteiger charge is -2.29. The van der Waals surface area contributed by atoms with Gasteiger partial charge in [0, 0.05) is 25.5 Å². The van der Waals surface area contributed by atoms with E-state index in [0.717, 1.165) is 38.8 Å². The molecule has 2 aliphatic rings. The van der Waals surface area contributed by atoms with Crippen LogP contribution in [0.15, 0.2) is 24.6 Å². The minimum Gasteiger partial charge on any atom is -0.301 e. The molecule has 0 aliphatic carbocycles. The monoisotopic (exact) mass is 192 g/mol. The Labute approximate surface area is 84.7 Å². The number of hydrogen-bond donors (Lipinski definition) is 0. The predicted octanol–water partition coefficient (Wildman–Crippen LogP) is 2.33. The summed E-state index contributed by atoms with van der Waals surface area (Å²) in [7, 11) is 0. The highest BCUT2D eigenvalue weighted by atomic mass is 16.2. The quantitative estimate of drug-likeness (QED) is 0.577. The van der Waals surface area contributed by atoms with E-state index in [1.54, 1.807) is 9.80 Å². The van der Waals surface area contributed by atoms with Crippen LogP contribution in [-0.2, 0) is 0 Å². The SMILES string of the molecule is O=C(N1C=CCCC1)N1C=CCCC1. The van der Waals surface area contributed by atoms with Crippen LogP contribution < -0.4 is 0 Å². The van der Waals surface area contributed by atoms with E-state index in [4.69, 9.17) is 0 Å². The highest BCUT2D eigenvalue weighted by molar-refractivity contribution is 5.76. The summed E-state index contributed by atoms with van der Waals surface area (Å²) in [6.45, 7) is 1.72. The molecule has 0 N–H and O–H groups in total. The molecule has 2 amide bonds. The Kier molecular flexibility index (Phi) is 2.87. The van der Waals surface area contributed by atoms with Gasteiger partial charge in [-0.3, -0.25) is 0 Å². The van der Waals surface area contributed by atoms with Crippen molar-refractivity contribution in [2.24, 2.45) is 0 Å². The first-order chi connectivity index (χ1) is 6.88. The molecule has 76 valence electrons. The predicted molar refractivity (Wildman–Crippen MR) is 55.6 cm³/mol. The summed E-state index contributed by atoms with van der Waals surface area (Å²) >= 11 is 0. The summed E-state index contributed by atoms with van der Waals surface area (Å²) in [5.74, 6) is 0. The maximum absolute atomic E-state index is 11.9. The van der Waals surface area contributed by atoms with Crippen molar-refractivity contribution in [3.8, 4) is 0 Å². The molecule has 2 rings (SSSR count). The second kappa shape index (κ2) is 4.31. The van der Waals surface area contributed by atoms with Gasteiger partial charge < -0.3 is 9.80 Å². The van der Waals surface area contributed by atoms with Crippen LogP contribution in [0.2, 0.25) is 0 Å². The second-order valence-corrected chi connectivity index (χ2v) is 3.72. The lowest BCUT2D eigenvalue weighted by Crippen LogP contribution is -2.40. The molecule has 0 radical (unpaired) electrons. The van der Waals surface area contributed by atoms with Gasteiger partial charge in [-0.25, -0.2) is 4.79 Å². The number of allylic oxidation sites excluding steroid dienone is 2. The van der Waals surface area contributed by atoms with E-state index in [2.05, 4.69) is 12.2 Å². The zero-order valence-electron chi connectivity index (χ0n) is 8.35. The molecule has 3 nitrogen and oxygen atoms in total. The number of nitrogens with zero attached hydrogens (tertiary/aromatic N) is 2. The topological polar surface area (TPSA) is 23.6 Å². The van der Waals surface area contributed by atoms with Crippen LogP contribution in [-0.4, -0.2) is 28.9 Å². The molecule has 0 spiro atoms. The highest BCUT2D eigenvalue weighted by Gasteiger charge is 2.19. The Morgan fingerprint density at radius 2 is 1.43 bits per heavy atom. The van der Waals surface area contributed by atoms with Gasteiger partial charge in [0.25, 0.3) is 0 Å². The Balaban J connectivity index is 1.99. The third-order valence-corrected chi connectivity index (χ3v) is 2.60. The summed E-state index contributed by atoms with van der Waals surface area (Å²) in [5.41, 5.74) is 0. The number of amides is 2. The molecule has 0 aromatic heterocycles. The molecule has 14 heavy (non-hydrogen) atoms. The molecular formula is C11H16N2O. The molecule has 0 aromatic rings. The minimum absolute atomic E-state index is 0.122. The van der Waals surface area contributed by atoms with Crippen molar-refractivity contribution in [1.82, 2.24) is 9.80 Å². The molecule has 2 heterocycles.